The monoisotopic (exact) mass is 330 g/mol. The van der Waals surface area contributed by atoms with Crippen LogP contribution in [0.1, 0.15) is 12.0 Å². The quantitative estimate of drug-likeness (QED) is 0.687. The average Bonchev–Trinajstić information content (AvgIpc) is 2.94. The number of amides is 2. The summed E-state index contributed by atoms with van der Waals surface area (Å²) in [5.74, 6) is -0.628. The molecule has 0 bridgehead atoms. The van der Waals surface area contributed by atoms with Crippen LogP contribution in [0.5, 0.6) is 0 Å². The number of hydrogen-bond acceptors (Lipinski definition) is 2. The molecule has 0 saturated carbocycles. The van der Waals surface area contributed by atoms with Crippen LogP contribution in [0, 0.1) is 11.7 Å². The van der Waals surface area contributed by atoms with Gasteiger partial charge in [0, 0.05) is 32.6 Å². The van der Waals surface area contributed by atoms with Crippen molar-refractivity contribution in [3.8, 4) is 0 Å². The van der Waals surface area contributed by atoms with E-state index < -0.39 is 0 Å². The molecular formula is C19H23FN2O2. The summed E-state index contributed by atoms with van der Waals surface area (Å²) in [6.07, 6.45) is 4.23. The molecule has 0 aromatic heterocycles. The Bertz CT molecular complexity index is 602. The number of rotatable bonds is 8. The van der Waals surface area contributed by atoms with E-state index in [1.165, 1.54) is 12.1 Å². The van der Waals surface area contributed by atoms with E-state index >= 15 is 0 Å². The Kier molecular flexibility index (Phi) is 6.29. The maximum Gasteiger partial charge on any atom is 0.228 e. The maximum absolute atomic E-state index is 12.9. The number of carbonyl (C=O) groups excluding carboxylic acids is 2. The second-order valence-corrected chi connectivity index (χ2v) is 5.94. The van der Waals surface area contributed by atoms with Crippen molar-refractivity contribution in [3.05, 3.63) is 61.0 Å². The average molecular weight is 330 g/mol. The highest BCUT2D eigenvalue weighted by Crippen LogP contribution is 2.21. The van der Waals surface area contributed by atoms with Crippen LogP contribution in [0.3, 0.4) is 0 Å². The van der Waals surface area contributed by atoms with Crippen LogP contribution < -0.4 is 0 Å². The smallest absolute Gasteiger partial charge is 0.228 e. The van der Waals surface area contributed by atoms with Crippen LogP contribution in [0.15, 0.2) is 49.6 Å². The van der Waals surface area contributed by atoms with Gasteiger partial charge in [-0.2, -0.15) is 0 Å². The van der Waals surface area contributed by atoms with E-state index in [-0.39, 0.29) is 30.0 Å². The Hall–Kier alpha value is -2.43. The molecule has 1 aliphatic rings. The molecule has 5 heteroatoms. The molecule has 0 aliphatic carbocycles. The van der Waals surface area contributed by atoms with Gasteiger partial charge in [0.2, 0.25) is 11.8 Å². The first-order chi connectivity index (χ1) is 11.5. The minimum absolute atomic E-state index is 0.00684. The standard InChI is InChI=1S/C19H23FN2O2/c1-3-10-21(11-4-2)19(24)16-13-18(23)22(14-16)12-9-15-5-7-17(20)8-6-15/h3-8,16H,1-2,9-14H2. The number of benzene rings is 1. The Morgan fingerprint density at radius 2 is 1.88 bits per heavy atom. The molecule has 128 valence electrons. The van der Waals surface area contributed by atoms with E-state index in [9.17, 15) is 14.0 Å². The van der Waals surface area contributed by atoms with Crippen LogP contribution in [-0.2, 0) is 16.0 Å². The minimum Gasteiger partial charge on any atom is -0.342 e. The van der Waals surface area contributed by atoms with E-state index in [0.717, 1.165) is 5.56 Å². The minimum atomic E-state index is -0.314. The van der Waals surface area contributed by atoms with Gasteiger partial charge in [-0.05, 0) is 24.1 Å². The normalized spacial score (nSPS) is 17.0. The first-order valence-electron chi connectivity index (χ1n) is 8.08. The van der Waals surface area contributed by atoms with Gasteiger partial charge in [-0.15, -0.1) is 13.2 Å². The lowest BCUT2D eigenvalue weighted by atomic mass is 10.1. The van der Waals surface area contributed by atoms with E-state index in [4.69, 9.17) is 0 Å². The third-order valence-electron chi connectivity index (χ3n) is 4.16. The second kappa shape index (κ2) is 8.43. The summed E-state index contributed by atoms with van der Waals surface area (Å²) in [6.45, 7) is 9.19. The summed E-state index contributed by atoms with van der Waals surface area (Å²) in [6, 6.07) is 6.26. The highest BCUT2D eigenvalue weighted by atomic mass is 19.1. The predicted molar refractivity (Wildman–Crippen MR) is 91.8 cm³/mol. The number of likely N-dealkylation sites (tertiary alicyclic amines) is 1. The van der Waals surface area contributed by atoms with Crippen molar-refractivity contribution in [3.63, 3.8) is 0 Å². The van der Waals surface area contributed by atoms with E-state index in [1.807, 2.05) is 0 Å². The molecule has 4 nitrogen and oxygen atoms in total. The molecule has 24 heavy (non-hydrogen) atoms. The zero-order valence-corrected chi connectivity index (χ0v) is 13.8. The van der Waals surface area contributed by atoms with Crippen molar-refractivity contribution in [1.82, 2.24) is 9.80 Å². The topological polar surface area (TPSA) is 40.6 Å². The summed E-state index contributed by atoms with van der Waals surface area (Å²) >= 11 is 0. The number of carbonyl (C=O) groups is 2. The van der Waals surface area contributed by atoms with Gasteiger partial charge in [0.05, 0.1) is 5.92 Å². The van der Waals surface area contributed by atoms with Crippen LogP contribution in [-0.4, -0.2) is 47.8 Å². The second-order valence-electron chi connectivity index (χ2n) is 5.94. The van der Waals surface area contributed by atoms with Crippen molar-refractivity contribution >= 4 is 11.8 Å². The molecule has 0 spiro atoms. The van der Waals surface area contributed by atoms with Gasteiger partial charge in [0.15, 0.2) is 0 Å². The number of nitrogens with zero attached hydrogens (tertiary/aromatic N) is 2. The van der Waals surface area contributed by atoms with Crippen LogP contribution in [0.4, 0.5) is 4.39 Å². The summed E-state index contributed by atoms with van der Waals surface area (Å²) in [5.41, 5.74) is 0.971. The fraction of sp³-hybridized carbons (Fsp3) is 0.368. The molecule has 1 aromatic rings. The molecule has 2 rings (SSSR count). The van der Waals surface area contributed by atoms with Crippen molar-refractivity contribution in [2.45, 2.75) is 12.8 Å². The van der Waals surface area contributed by atoms with Crippen LogP contribution >= 0.6 is 0 Å². The van der Waals surface area contributed by atoms with E-state index in [2.05, 4.69) is 13.2 Å². The molecule has 0 N–H and O–H groups in total. The van der Waals surface area contributed by atoms with Gasteiger partial charge in [-0.3, -0.25) is 9.59 Å². The fourth-order valence-corrected chi connectivity index (χ4v) is 2.89. The van der Waals surface area contributed by atoms with Gasteiger partial charge in [-0.25, -0.2) is 4.39 Å². The van der Waals surface area contributed by atoms with Crippen molar-refractivity contribution in [2.75, 3.05) is 26.2 Å². The van der Waals surface area contributed by atoms with Crippen LogP contribution in [0.25, 0.3) is 0 Å². The molecule has 1 saturated heterocycles. The van der Waals surface area contributed by atoms with Gasteiger partial charge in [0.25, 0.3) is 0 Å². The first-order valence-corrected chi connectivity index (χ1v) is 8.08. The molecule has 1 aromatic carbocycles. The number of hydrogen-bond donors (Lipinski definition) is 0. The third kappa shape index (κ3) is 4.54. The van der Waals surface area contributed by atoms with Gasteiger partial charge in [-0.1, -0.05) is 24.3 Å². The molecule has 1 unspecified atom stereocenters. The fourth-order valence-electron chi connectivity index (χ4n) is 2.89. The van der Waals surface area contributed by atoms with Crippen molar-refractivity contribution in [2.24, 2.45) is 5.92 Å². The molecule has 0 radical (unpaired) electrons. The predicted octanol–water partition coefficient (Wildman–Crippen LogP) is 2.42. The molecule has 1 aliphatic heterocycles. The lowest BCUT2D eigenvalue weighted by molar-refractivity contribution is -0.134. The SMILES string of the molecule is C=CCN(CC=C)C(=O)C1CC(=O)N(CCc2ccc(F)cc2)C1. The summed E-state index contributed by atoms with van der Waals surface area (Å²) in [4.78, 5) is 28.1. The summed E-state index contributed by atoms with van der Waals surface area (Å²) in [7, 11) is 0. The Morgan fingerprint density at radius 1 is 1.25 bits per heavy atom. The number of halogens is 1. The largest absolute Gasteiger partial charge is 0.342 e. The molecule has 1 atom stereocenters. The Morgan fingerprint density at radius 3 is 2.46 bits per heavy atom. The summed E-state index contributed by atoms with van der Waals surface area (Å²) in [5, 5.41) is 0. The van der Waals surface area contributed by atoms with E-state index in [1.54, 1.807) is 34.1 Å². The molecular weight excluding hydrogens is 307 g/mol. The third-order valence-corrected chi connectivity index (χ3v) is 4.16. The Balaban J connectivity index is 1.92. The van der Waals surface area contributed by atoms with Crippen molar-refractivity contribution < 1.29 is 14.0 Å². The van der Waals surface area contributed by atoms with E-state index in [0.29, 0.717) is 32.6 Å². The van der Waals surface area contributed by atoms with Crippen molar-refractivity contribution in [1.29, 1.82) is 0 Å². The lowest BCUT2D eigenvalue weighted by Crippen LogP contribution is -2.37. The van der Waals surface area contributed by atoms with Crippen LogP contribution in [0.2, 0.25) is 0 Å². The molecule has 1 fully saturated rings. The first kappa shape index (κ1) is 17.9. The highest BCUT2D eigenvalue weighted by Gasteiger charge is 2.35. The molecule has 2 amide bonds. The zero-order chi connectivity index (χ0) is 17.5. The van der Waals surface area contributed by atoms with Gasteiger partial charge >= 0.3 is 0 Å². The zero-order valence-electron chi connectivity index (χ0n) is 13.8. The highest BCUT2D eigenvalue weighted by molar-refractivity contribution is 5.89. The maximum atomic E-state index is 12.9. The van der Waals surface area contributed by atoms with Gasteiger partial charge < -0.3 is 9.80 Å². The summed E-state index contributed by atoms with van der Waals surface area (Å²) < 4.78 is 12.9. The lowest BCUT2D eigenvalue weighted by Gasteiger charge is -2.23. The Labute approximate surface area is 142 Å². The molecule has 1 heterocycles. The van der Waals surface area contributed by atoms with Gasteiger partial charge in [0.1, 0.15) is 5.82 Å².